The third kappa shape index (κ3) is 2.37. The third-order valence-corrected chi connectivity index (χ3v) is 2.60. The Balaban J connectivity index is 2.36. The van der Waals surface area contributed by atoms with Gasteiger partial charge in [-0.2, -0.15) is 13.2 Å². The minimum atomic E-state index is -4.01. The lowest BCUT2D eigenvalue weighted by Gasteiger charge is -2.27. The molecular formula is C8H14F3O+. The highest BCUT2D eigenvalue weighted by molar-refractivity contribution is 4.76. The summed E-state index contributed by atoms with van der Waals surface area (Å²) in [6.07, 6.45) is -2.39. The Hall–Kier alpha value is -0.250. The summed E-state index contributed by atoms with van der Waals surface area (Å²) >= 11 is 0. The van der Waals surface area contributed by atoms with Crippen LogP contribution in [0.4, 0.5) is 13.2 Å². The fourth-order valence-corrected chi connectivity index (χ4v) is 1.69. The van der Waals surface area contributed by atoms with E-state index in [9.17, 15) is 13.2 Å². The minimum Gasteiger partial charge on any atom is -0.445 e. The summed E-state index contributed by atoms with van der Waals surface area (Å²) in [5.74, 6) is -0.885. The molecule has 0 spiro atoms. The summed E-state index contributed by atoms with van der Waals surface area (Å²) in [4.78, 5) is 0. The molecule has 0 radical (unpaired) electrons. The molecule has 72 valence electrons. The molecule has 0 aromatic carbocycles. The van der Waals surface area contributed by atoms with Gasteiger partial charge in [0.1, 0.15) is 6.61 Å². The van der Waals surface area contributed by atoms with Crippen molar-refractivity contribution in [3.8, 4) is 0 Å². The van der Waals surface area contributed by atoms with Crippen molar-refractivity contribution in [3.63, 3.8) is 0 Å². The van der Waals surface area contributed by atoms with Gasteiger partial charge < -0.3 is 5.11 Å². The molecule has 0 aromatic rings. The van der Waals surface area contributed by atoms with E-state index in [0.717, 1.165) is 0 Å². The highest BCUT2D eigenvalue weighted by Gasteiger charge is 2.41. The monoisotopic (exact) mass is 183 g/mol. The van der Waals surface area contributed by atoms with Gasteiger partial charge in [-0.3, -0.25) is 0 Å². The first-order valence-electron chi connectivity index (χ1n) is 4.25. The molecule has 1 aliphatic carbocycles. The second-order valence-electron chi connectivity index (χ2n) is 3.46. The van der Waals surface area contributed by atoms with E-state index in [2.05, 4.69) is 0 Å². The van der Waals surface area contributed by atoms with Gasteiger partial charge in [-0.1, -0.05) is 0 Å². The highest BCUT2D eigenvalue weighted by Crippen LogP contribution is 2.39. The van der Waals surface area contributed by atoms with Crippen molar-refractivity contribution in [2.45, 2.75) is 31.9 Å². The first kappa shape index (κ1) is 9.84. The van der Waals surface area contributed by atoms with Crippen LogP contribution in [0.2, 0.25) is 0 Å². The lowest BCUT2D eigenvalue weighted by molar-refractivity contribution is -0.184. The quantitative estimate of drug-likeness (QED) is 0.555. The van der Waals surface area contributed by atoms with Gasteiger partial charge in [0, 0.05) is 5.92 Å². The van der Waals surface area contributed by atoms with Gasteiger partial charge in [-0.25, -0.2) is 0 Å². The van der Waals surface area contributed by atoms with Crippen LogP contribution in [0, 0.1) is 11.8 Å². The Morgan fingerprint density at radius 1 is 1.08 bits per heavy atom. The topological polar surface area (TPSA) is 22.9 Å². The van der Waals surface area contributed by atoms with Crippen LogP contribution < -0.4 is 0 Å². The summed E-state index contributed by atoms with van der Waals surface area (Å²) < 4.78 is 36.4. The van der Waals surface area contributed by atoms with Crippen molar-refractivity contribution in [3.05, 3.63) is 0 Å². The molecular weight excluding hydrogens is 169 g/mol. The fourth-order valence-electron chi connectivity index (χ4n) is 1.69. The van der Waals surface area contributed by atoms with E-state index in [1.165, 1.54) is 0 Å². The molecule has 1 fully saturated rings. The molecule has 2 N–H and O–H groups in total. The normalized spacial score (nSPS) is 32.0. The van der Waals surface area contributed by atoms with Crippen molar-refractivity contribution >= 4 is 0 Å². The van der Waals surface area contributed by atoms with Gasteiger partial charge in [0.15, 0.2) is 0 Å². The highest BCUT2D eigenvalue weighted by atomic mass is 19.4. The maximum Gasteiger partial charge on any atom is 0.391 e. The molecule has 0 heterocycles. The molecule has 0 amide bonds. The first-order valence-corrected chi connectivity index (χ1v) is 4.25. The molecule has 0 bridgehead atoms. The molecule has 1 aliphatic rings. The average molecular weight is 183 g/mol. The Morgan fingerprint density at radius 2 is 1.58 bits per heavy atom. The zero-order valence-corrected chi connectivity index (χ0v) is 6.82. The molecule has 12 heavy (non-hydrogen) atoms. The van der Waals surface area contributed by atoms with Crippen LogP contribution in [0.5, 0.6) is 0 Å². The van der Waals surface area contributed by atoms with Gasteiger partial charge in [0.2, 0.25) is 0 Å². The third-order valence-electron chi connectivity index (χ3n) is 2.60. The number of halogens is 3. The summed E-state index contributed by atoms with van der Waals surface area (Å²) in [6.45, 7) is 0.282. The Labute approximate surface area is 69.6 Å². The maximum absolute atomic E-state index is 12.1. The predicted molar refractivity (Wildman–Crippen MR) is 40.0 cm³/mol. The van der Waals surface area contributed by atoms with Crippen molar-refractivity contribution in [2.75, 3.05) is 6.61 Å². The van der Waals surface area contributed by atoms with Crippen LogP contribution in [-0.4, -0.2) is 17.9 Å². The van der Waals surface area contributed by atoms with Gasteiger partial charge in [-0.15, -0.1) is 0 Å². The van der Waals surface area contributed by atoms with Crippen molar-refractivity contribution in [1.82, 2.24) is 0 Å². The van der Waals surface area contributed by atoms with E-state index in [1.807, 2.05) is 0 Å². The van der Waals surface area contributed by atoms with E-state index in [1.54, 1.807) is 0 Å². The van der Waals surface area contributed by atoms with E-state index in [4.69, 9.17) is 5.11 Å². The number of hydrogen-bond donors (Lipinski definition) is 0. The second-order valence-corrected chi connectivity index (χ2v) is 3.46. The molecule has 0 aliphatic heterocycles. The Morgan fingerprint density at radius 3 is 1.92 bits per heavy atom. The number of hydrogen-bond acceptors (Lipinski definition) is 0. The molecule has 4 heteroatoms. The van der Waals surface area contributed by atoms with E-state index in [0.29, 0.717) is 12.8 Å². The van der Waals surface area contributed by atoms with Crippen LogP contribution in [-0.2, 0) is 0 Å². The van der Waals surface area contributed by atoms with Crippen LogP contribution in [0.1, 0.15) is 25.7 Å². The molecule has 1 rings (SSSR count). The van der Waals surface area contributed by atoms with Crippen LogP contribution in [0.25, 0.3) is 0 Å². The molecule has 0 saturated heterocycles. The van der Waals surface area contributed by atoms with Crippen molar-refractivity contribution in [1.29, 1.82) is 0 Å². The summed E-state index contributed by atoms with van der Waals surface area (Å²) in [7, 11) is 0. The molecule has 0 unspecified atom stereocenters. The van der Waals surface area contributed by atoms with Gasteiger partial charge in [0.05, 0.1) is 5.92 Å². The van der Waals surface area contributed by atoms with Gasteiger partial charge >= 0.3 is 6.18 Å². The first-order chi connectivity index (χ1) is 5.54. The fraction of sp³-hybridized carbons (Fsp3) is 1.00. The van der Waals surface area contributed by atoms with Crippen LogP contribution in [0.3, 0.4) is 0 Å². The minimum absolute atomic E-state index is 0.212. The summed E-state index contributed by atoms with van der Waals surface area (Å²) in [6, 6.07) is 0. The van der Waals surface area contributed by atoms with E-state index in [-0.39, 0.29) is 25.4 Å². The summed E-state index contributed by atoms with van der Waals surface area (Å²) in [5.41, 5.74) is 0. The maximum atomic E-state index is 12.1. The molecule has 1 saturated carbocycles. The molecule has 1 nitrogen and oxygen atoms in total. The molecule has 0 atom stereocenters. The summed E-state index contributed by atoms with van der Waals surface area (Å²) in [5, 5.41) is 7.04. The van der Waals surface area contributed by atoms with Crippen molar-refractivity contribution in [2.24, 2.45) is 11.8 Å². The predicted octanol–water partition coefficient (Wildman–Crippen LogP) is 2.08. The Kier molecular flexibility index (Phi) is 2.99. The lowest BCUT2D eigenvalue weighted by Crippen LogP contribution is -2.28. The van der Waals surface area contributed by atoms with Crippen molar-refractivity contribution < 1.29 is 18.3 Å². The number of rotatable bonds is 1. The van der Waals surface area contributed by atoms with Gasteiger partial charge in [0.25, 0.3) is 0 Å². The average Bonchev–Trinajstić information content (AvgIpc) is 2.03. The lowest BCUT2D eigenvalue weighted by atomic mass is 9.82. The zero-order valence-electron chi connectivity index (χ0n) is 6.82. The van der Waals surface area contributed by atoms with Crippen LogP contribution >= 0.6 is 0 Å². The Bertz CT molecular complexity index is 136. The standard InChI is InChI=1S/C8H13F3O/c9-8(10,11)7-3-1-6(5-12)2-4-7/h6-7,12H,1-5H2/p+1. The smallest absolute Gasteiger partial charge is 0.391 e. The van der Waals surface area contributed by atoms with E-state index >= 15 is 0 Å². The SMILES string of the molecule is [OH2+]CC1CCC(C(F)(F)F)CC1. The largest absolute Gasteiger partial charge is 0.445 e. The van der Waals surface area contributed by atoms with Crippen LogP contribution in [0.15, 0.2) is 0 Å². The van der Waals surface area contributed by atoms with E-state index < -0.39 is 12.1 Å². The van der Waals surface area contributed by atoms with Gasteiger partial charge in [-0.05, 0) is 25.7 Å². The zero-order chi connectivity index (χ0) is 9.19. The molecule has 0 aromatic heterocycles. The number of alkyl halides is 3. The second kappa shape index (κ2) is 3.64.